The van der Waals surface area contributed by atoms with Crippen molar-refractivity contribution in [2.45, 2.75) is 0 Å². The zero-order chi connectivity index (χ0) is 7.15. The first-order valence-electron chi connectivity index (χ1n) is 1.58. The molecule has 0 aromatic heterocycles. The molecule has 0 saturated heterocycles. The molecule has 0 aliphatic heterocycles. The van der Waals surface area contributed by atoms with Gasteiger partial charge in [0.15, 0.2) is 0 Å². The Balaban J connectivity index is -0.0000000720. The number of hydrogen-bond donors (Lipinski definition) is 4. The van der Waals surface area contributed by atoms with Gasteiger partial charge in [-0.05, 0) is 11.9 Å². The zero-order valence-corrected chi connectivity index (χ0v) is 5.40. The largest absolute Gasteiger partial charge is 2.00 e. The topological polar surface area (TPSA) is 147 Å². The molecule has 0 rings (SSSR count). The third kappa shape index (κ3) is 204. The molecule has 7 heteroatoms. The Morgan fingerprint density at radius 2 is 1.00 bits per heavy atom. The maximum absolute atomic E-state index is 5.94. The van der Waals surface area contributed by atoms with E-state index in [0.717, 1.165) is 0 Å². The van der Waals surface area contributed by atoms with Gasteiger partial charge in [-0.1, -0.05) is 0 Å². The van der Waals surface area contributed by atoms with Gasteiger partial charge in [-0.2, -0.15) is 0 Å². The number of guanidine groups is 2. The van der Waals surface area contributed by atoms with Gasteiger partial charge in [0.1, 0.15) is 0 Å². The van der Waals surface area contributed by atoms with Crippen LogP contribution in [0.25, 0.3) is 11.5 Å². The first-order chi connectivity index (χ1) is 3.46. The minimum atomic E-state index is -0.583. The molecule has 0 heterocycles. The van der Waals surface area contributed by atoms with Crippen LogP contribution in [0.4, 0.5) is 0 Å². The normalized spacial score (nSPS) is 5.33. The van der Waals surface area contributed by atoms with Gasteiger partial charge in [0.2, 0.25) is 0 Å². The molecular formula is C2H8CuN6. The van der Waals surface area contributed by atoms with Crippen molar-refractivity contribution in [1.82, 2.24) is 0 Å². The van der Waals surface area contributed by atoms with E-state index in [2.05, 4.69) is 11.5 Å². The van der Waals surface area contributed by atoms with Gasteiger partial charge in [-0.25, -0.2) is 0 Å². The fourth-order valence-electron chi connectivity index (χ4n) is 0. The second kappa shape index (κ2) is 10.1. The van der Waals surface area contributed by atoms with Crippen molar-refractivity contribution in [3.8, 4) is 0 Å². The predicted octanol–water partition coefficient (Wildman–Crippen LogP) is -0.138. The van der Waals surface area contributed by atoms with Gasteiger partial charge in [0.25, 0.3) is 0 Å². The van der Waals surface area contributed by atoms with E-state index in [1.807, 2.05) is 0 Å². The molecule has 0 saturated carbocycles. The van der Waals surface area contributed by atoms with E-state index in [4.69, 9.17) is 22.3 Å². The second-order valence-electron chi connectivity index (χ2n) is 0.827. The van der Waals surface area contributed by atoms with E-state index in [0.29, 0.717) is 0 Å². The molecule has 9 heavy (non-hydrogen) atoms. The van der Waals surface area contributed by atoms with Crippen molar-refractivity contribution in [3.05, 3.63) is 11.5 Å². The summed E-state index contributed by atoms with van der Waals surface area (Å²) in [6.45, 7) is 0. The summed E-state index contributed by atoms with van der Waals surface area (Å²) in [5.41, 5.74) is 20.6. The van der Waals surface area contributed by atoms with Crippen LogP contribution in [0.2, 0.25) is 0 Å². The molecule has 6 nitrogen and oxygen atoms in total. The van der Waals surface area contributed by atoms with Crippen LogP contribution in [-0.2, 0) is 17.1 Å². The molecule has 57 valence electrons. The smallest absolute Gasteiger partial charge is 0.454 e. The van der Waals surface area contributed by atoms with Gasteiger partial charge >= 0.3 is 17.1 Å². The van der Waals surface area contributed by atoms with Crippen molar-refractivity contribution in [2.24, 2.45) is 11.5 Å². The molecule has 0 aromatic rings. The van der Waals surface area contributed by atoms with Crippen LogP contribution < -0.4 is 11.5 Å². The third-order valence-corrected chi connectivity index (χ3v) is 0. The van der Waals surface area contributed by atoms with Crippen molar-refractivity contribution in [1.29, 1.82) is 10.8 Å². The number of nitrogens with one attached hydrogen (secondary N) is 4. The molecule has 1 radical (unpaired) electrons. The number of nitrogens with two attached hydrogens (primary N) is 2. The molecule has 0 fully saturated rings. The Morgan fingerprint density at radius 3 is 1.00 bits per heavy atom. The molecular weight excluding hydrogens is 172 g/mol. The van der Waals surface area contributed by atoms with Crippen LogP contribution in [0.1, 0.15) is 0 Å². The van der Waals surface area contributed by atoms with Crippen LogP contribution in [0.3, 0.4) is 0 Å². The minimum absolute atomic E-state index is 0. The van der Waals surface area contributed by atoms with Crippen LogP contribution in [0.5, 0.6) is 0 Å². The van der Waals surface area contributed by atoms with Gasteiger partial charge in [-0.15, -0.1) is 0 Å². The van der Waals surface area contributed by atoms with Crippen molar-refractivity contribution < 1.29 is 17.1 Å². The van der Waals surface area contributed by atoms with E-state index in [1.54, 1.807) is 0 Å². The maximum atomic E-state index is 5.94. The Hall–Kier alpha value is -0.941. The molecule has 0 amide bonds. The second-order valence-corrected chi connectivity index (χ2v) is 0.827. The Morgan fingerprint density at radius 1 is 1.00 bits per heavy atom. The average molecular weight is 180 g/mol. The fourth-order valence-corrected chi connectivity index (χ4v) is 0. The zero-order valence-electron chi connectivity index (χ0n) is 4.46. The molecule has 0 aliphatic carbocycles. The summed E-state index contributed by atoms with van der Waals surface area (Å²) in [5, 5.41) is 11.9. The first kappa shape index (κ1) is 15.7. The molecule has 0 aromatic carbocycles. The van der Waals surface area contributed by atoms with Gasteiger partial charge in [0.05, 0.1) is 0 Å². The van der Waals surface area contributed by atoms with Crippen LogP contribution >= 0.6 is 0 Å². The van der Waals surface area contributed by atoms with E-state index in [1.165, 1.54) is 0 Å². The quantitative estimate of drug-likeness (QED) is 0.233. The summed E-state index contributed by atoms with van der Waals surface area (Å²) in [5.74, 6) is -1.17. The van der Waals surface area contributed by atoms with E-state index >= 15 is 0 Å². The Labute approximate surface area is 63.4 Å². The molecule has 0 spiro atoms. The standard InChI is InChI=1S/2CH4N3.Cu/c2*2-1(3)4;/h2*(H4-,2,3,4);/q2*-1;+2. The fraction of sp³-hybridized carbons (Fsp3) is 0. The predicted molar refractivity (Wildman–Crippen MR) is 32.5 cm³/mol. The summed E-state index contributed by atoms with van der Waals surface area (Å²) in [7, 11) is 0. The van der Waals surface area contributed by atoms with Crippen LogP contribution in [0, 0.1) is 10.8 Å². The van der Waals surface area contributed by atoms with Crippen molar-refractivity contribution >= 4 is 11.9 Å². The summed E-state index contributed by atoms with van der Waals surface area (Å²) in [4.78, 5) is 0. The molecule has 0 unspecified atom stereocenters. The van der Waals surface area contributed by atoms with Gasteiger partial charge < -0.3 is 33.8 Å². The van der Waals surface area contributed by atoms with Crippen molar-refractivity contribution in [2.75, 3.05) is 0 Å². The summed E-state index contributed by atoms with van der Waals surface area (Å²) < 4.78 is 0. The van der Waals surface area contributed by atoms with E-state index in [9.17, 15) is 0 Å². The summed E-state index contributed by atoms with van der Waals surface area (Å²) >= 11 is 0. The molecule has 0 bridgehead atoms. The number of rotatable bonds is 0. The van der Waals surface area contributed by atoms with Gasteiger partial charge in [-0.3, -0.25) is 0 Å². The van der Waals surface area contributed by atoms with Crippen LogP contribution in [-0.4, -0.2) is 11.9 Å². The van der Waals surface area contributed by atoms with E-state index in [-0.39, 0.29) is 17.1 Å². The van der Waals surface area contributed by atoms with Crippen LogP contribution in [0.15, 0.2) is 0 Å². The average Bonchev–Trinajstić information content (AvgIpc) is 1.25. The van der Waals surface area contributed by atoms with Gasteiger partial charge in [0, 0.05) is 0 Å². The maximum Gasteiger partial charge on any atom is 2.00 e. The van der Waals surface area contributed by atoms with E-state index < -0.39 is 11.9 Å². The molecule has 0 aliphatic rings. The monoisotopic (exact) mass is 179 g/mol. The van der Waals surface area contributed by atoms with Crippen molar-refractivity contribution in [3.63, 3.8) is 0 Å². The summed E-state index contributed by atoms with van der Waals surface area (Å²) in [6.07, 6.45) is 0. The Kier molecular flexibility index (Phi) is 17.7. The summed E-state index contributed by atoms with van der Waals surface area (Å²) in [6, 6.07) is 0. The molecule has 8 N–H and O–H groups in total. The minimum Gasteiger partial charge on any atom is -0.454 e. The first-order valence-corrected chi connectivity index (χ1v) is 1.58. The third-order valence-electron chi connectivity index (χ3n) is 0. The molecule has 0 atom stereocenters. The Bertz CT molecular complexity index is 69.1. The number of hydrogen-bond acceptors (Lipinski definition) is 2. The SMILES string of the molecule is N=C([NH-])N.N=C([NH-])N.[Cu+2].